The quantitative estimate of drug-likeness (QED) is 0.546. The van der Waals surface area contributed by atoms with Crippen LogP contribution in [0.1, 0.15) is 33.6 Å². The molecule has 2 aromatic rings. The number of anilines is 2. The fourth-order valence-electron chi connectivity index (χ4n) is 3.99. The summed E-state index contributed by atoms with van der Waals surface area (Å²) in [6.07, 6.45) is 4.24. The Hall–Kier alpha value is -1.83. The van der Waals surface area contributed by atoms with Gasteiger partial charge in [0.15, 0.2) is 5.11 Å². The van der Waals surface area contributed by atoms with Gasteiger partial charge in [0.25, 0.3) is 0 Å². The van der Waals surface area contributed by atoms with E-state index >= 15 is 0 Å². The summed E-state index contributed by atoms with van der Waals surface area (Å²) in [7, 11) is 1.44. The van der Waals surface area contributed by atoms with E-state index in [0.717, 1.165) is 66.7 Å². The number of benzene rings is 1. The molecule has 2 aliphatic rings. The maximum absolute atomic E-state index is 12.4. The molecular weight excluding hydrogens is 426 g/mol. The van der Waals surface area contributed by atoms with Crippen LogP contribution in [0.2, 0.25) is 5.02 Å². The topological polar surface area (TPSA) is 44.8 Å². The fourth-order valence-corrected chi connectivity index (χ4v) is 5.80. The van der Waals surface area contributed by atoms with Crippen LogP contribution in [-0.2, 0) is 17.6 Å². The number of esters is 1. The van der Waals surface area contributed by atoms with Crippen molar-refractivity contribution < 1.29 is 9.53 Å². The van der Waals surface area contributed by atoms with Crippen LogP contribution >= 0.6 is 35.2 Å². The Kier molecular flexibility index (Phi) is 6.27. The first-order chi connectivity index (χ1) is 14.1. The first kappa shape index (κ1) is 20.4. The third-order valence-electron chi connectivity index (χ3n) is 5.52. The van der Waals surface area contributed by atoms with E-state index in [-0.39, 0.29) is 5.97 Å². The van der Waals surface area contributed by atoms with Crippen molar-refractivity contribution in [2.75, 3.05) is 43.5 Å². The van der Waals surface area contributed by atoms with Gasteiger partial charge in [-0.3, -0.25) is 0 Å². The van der Waals surface area contributed by atoms with Gasteiger partial charge in [-0.15, -0.1) is 11.3 Å². The maximum atomic E-state index is 12.4. The monoisotopic (exact) mass is 449 g/mol. The van der Waals surface area contributed by atoms with Crippen molar-refractivity contribution in [3.63, 3.8) is 0 Å². The van der Waals surface area contributed by atoms with E-state index in [0.29, 0.717) is 10.7 Å². The number of piperazine rings is 1. The molecule has 1 fully saturated rings. The molecule has 8 heteroatoms. The van der Waals surface area contributed by atoms with Crippen molar-refractivity contribution in [3.05, 3.63) is 45.3 Å². The lowest BCUT2D eigenvalue weighted by molar-refractivity contribution is 0.0601. The zero-order chi connectivity index (χ0) is 20.4. The summed E-state index contributed by atoms with van der Waals surface area (Å²) in [5.74, 6) is -0.277. The van der Waals surface area contributed by atoms with Crippen LogP contribution in [0.25, 0.3) is 0 Å². The Bertz CT molecular complexity index is 923. The summed E-state index contributed by atoms with van der Waals surface area (Å²) in [5.41, 5.74) is 2.95. The summed E-state index contributed by atoms with van der Waals surface area (Å²) >= 11 is 13.5. The normalized spacial score (nSPS) is 16.3. The molecular formula is C21H24ClN3O2S2. The van der Waals surface area contributed by atoms with Gasteiger partial charge in [0.05, 0.1) is 12.7 Å². The molecule has 2 heterocycles. The largest absolute Gasteiger partial charge is 0.465 e. The molecule has 1 aromatic heterocycles. The average Bonchev–Trinajstić information content (AvgIpc) is 3.11. The van der Waals surface area contributed by atoms with E-state index in [4.69, 9.17) is 28.6 Å². The van der Waals surface area contributed by atoms with Gasteiger partial charge in [-0.1, -0.05) is 17.7 Å². The highest BCUT2D eigenvalue weighted by Crippen LogP contribution is 2.38. The molecule has 1 saturated heterocycles. The van der Waals surface area contributed by atoms with Gasteiger partial charge in [0.2, 0.25) is 0 Å². The number of thiocarbonyl (C=S) groups is 1. The Morgan fingerprint density at radius 2 is 1.97 bits per heavy atom. The predicted molar refractivity (Wildman–Crippen MR) is 124 cm³/mol. The number of halogens is 1. The zero-order valence-corrected chi connectivity index (χ0v) is 18.8. The summed E-state index contributed by atoms with van der Waals surface area (Å²) in [4.78, 5) is 18.2. The number of methoxy groups -OCH3 is 1. The lowest BCUT2D eigenvalue weighted by Crippen LogP contribution is -2.50. The zero-order valence-electron chi connectivity index (χ0n) is 16.4. The van der Waals surface area contributed by atoms with Gasteiger partial charge in [-0.2, -0.15) is 0 Å². The molecule has 1 N–H and O–H groups in total. The lowest BCUT2D eigenvalue weighted by atomic mass is 9.95. The second-order valence-electron chi connectivity index (χ2n) is 7.29. The molecule has 4 rings (SSSR count). The Labute approximate surface area is 185 Å². The lowest BCUT2D eigenvalue weighted by Gasteiger charge is -2.37. The van der Waals surface area contributed by atoms with Gasteiger partial charge in [-0.25, -0.2) is 4.79 Å². The van der Waals surface area contributed by atoms with Crippen LogP contribution < -0.4 is 10.2 Å². The van der Waals surface area contributed by atoms with Crippen molar-refractivity contribution in [2.45, 2.75) is 25.7 Å². The maximum Gasteiger partial charge on any atom is 0.341 e. The molecule has 0 saturated carbocycles. The molecule has 154 valence electrons. The van der Waals surface area contributed by atoms with Crippen molar-refractivity contribution in [2.24, 2.45) is 0 Å². The summed E-state index contributed by atoms with van der Waals surface area (Å²) < 4.78 is 5.05. The number of hydrogen-bond donors (Lipinski definition) is 1. The van der Waals surface area contributed by atoms with Gasteiger partial charge >= 0.3 is 5.97 Å². The average molecular weight is 450 g/mol. The van der Waals surface area contributed by atoms with Crippen LogP contribution in [-0.4, -0.2) is 49.3 Å². The number of nitrogens with one attached hydrogen (secondary N) is 1. The van der Waals surface area contributed by atoms with E-state index in [1.54, 1.807) is 11.3 Å². The highest BCUT2D eigenvalue weighted by atomic mass is 35.5. The molecule has 0 atom stereocenters. The van der Waals surface area contributed by atoms with Crippen molar-refractivity contribution >= 4 is 56.9 Å². The number of carbonyl (C=O) groups is 1. The molecule has 1 aliphatic heterocycles. The number of carbonyl (C=O) groups excluding carboxylic acids is 1. The minimum Gasteiger partial charge on any atom is -0.465 e. The van der Waals surface area contributed by atoms with Gasteiger partial charge in [0.1, 0.15) is 5.00 Å². The van der Waals surface area contributed by atoms with E-state index in [1.165, 1.54) is 18.4 Å². The van der Waals surface area contributed by atoms with E-state index in [9.17, 15) is 4.79 Å². The number of thiophene rings is 1. The third-order valence-corrected chi connectivity index (χ3v) is 7.32. The molecule has 0 radical (unpaired) electrons. The number of rotatable bonds is 3. The minimum absolute atomic E-state index is 0.277. The second-order valence-corrected chi connectivity index (χ2v) is 9.22. The Balaban J connectivity index is 1.44. The van der Waals surface area contributed by atoms with Crippen LogP contribution in [0.3, 0.4) is 0 Å². The molecule has 0 spiro atoms. The fraction of sp³-hybridized carbons (Fsp3) is 0.429. The third kappa shape index (κ3) is 4.37. The van der Waals surface area contributed by atoms with Crippen molar-refractivity contribution in [1.82, 2.24) is 4.90 Å². The highest BCUT2D eigenvalue weighted by Gasteiger charge is 2.27. The van der Waals surface area contributed by atoms with E-state index < -0.39 is 0 Å². The first-order valence-electron chi connectivity index (χ1n) is 9.86. The van der Waals surface area contributed by atoms with Crippen molar-refractivity contribution in [1.29, 1.82) is 0 Å². The number of nitrogens with zero attached hydrogens (tertiary/aromatic N) is 2. The number of aryl methyl sites for hydroxylation is 1. The molecule has 1 aromatic carbocycles. The van der Waals surface area contributed by atoms with Gasteiger partial charge in [-0.05, 0) is 61.7 Å². The molecule has 0 bridgehead atoms. The molecule has 29 heavy (non-hydrogen) atoms. The second kappa shape index (κ2) is 8.90. The van der Waals surface area contributed by atoms with Crippen LogP contribution in [0.15, 0.2) is 24.3 Å². The molecule has 0 amide bonds. The Morgan fingerprint density at radius 3 is 2.69 bits per heavy atom. The van der Waals surface area contributed by atoms with Crippen LogP contribution in [0, 0.1) is 0 Å². The molecule has 0 unspecified atom stereocenters. The SMILES string of the molecule is COC(=O)c1c(NC(=S)N2CCN(c3cccc(Cl)c3)CC2)sc2c1CCCC2. The minimum atomic E-state index is -0.277. The number of ether oxygens (including phenoxy) is 1. The Morgan fingerprint density at radius 1 is 1.21 bits per heavy atom. The van der Waals surface area contributed by atoms with Crippen LogP contribution in [0.4, 0.5) is 10.7 Å². The summed E-state index contributed by atoms with van der Waals surface area (Å²) in [6, 6.07) is 7.94. The number of hydrogen-bond acceptors (Lipinski definition) is 5. The molecule has 1 aliphatic carbocycles. The predicted octanol–water partition coefficient (Wildman–Crippen LogP) is 4.59. The smallest absolute Gasteiger partial charge is 0.341 e. The standard InChI is InChI=1S/C21H24ClN3O2S2/c1-27-20(26)18-16-7-2-3-8-17(16)29-19(18)23-21(28)25-11-9-24(10-12-25)15-6-4-5-14(22)13-15/h4-6,13H,2-3,7-12H2,1H3,(H,23,28). The van der Waals surface area contributed by atoms with Gasteiger partial charge in [0, 0.05) is 41.8 Å². The van der Waals surface area contributed by atoms with Gasteiger partial charge < -0.3 is 19.9 Å². The van der Waals surface area contributed by atoms with Crippen molar-refractivity contribution in [3.8, 4) is 0 Å². The molecule has 5 nitrogen and oxygen atoms in total. The summed E-state index contributed by atoms with van der Waals surface area (Å²) in [6.45, 7) is 3.37. The van der Waals surface area contributed by atoms with E-state index in [1.807, 2.05) is 18.2 Å². The van der Waals surface area contributed by atoms with Crippen LogP contribution in [0.5, 0.6) is 0 Å². The summed E-state index contributed by atoms with van der Waals surface area (Å²) in [5, 5.41) is 5.59. The number of fused-ring (bicyclic) bond motifs is 1. The highest BCUT2D eigenvalue weighted by molar-refractivity contribution is 7.80. The van der Waals surface area contributed by atoms with E-state index in [2.05, 4.69) is 21.2 Å². The first-order valence-corrected chi connectivity index (χ1v) is 11.5.